The SMILES string of the molecule is NC(=O)c1cc(Oc2c(F)cc(NC(=O)NC(=O)Cc3ccc(F)cc3)cc2F)ccn1. The van der Waals surface area contributed by atoms with E-state index in [1.54, 1.807) is 0 Å². The van der Waals surface area contributed by atoms with Crippen molar-refractivity contribution in [1.29, 1.82) is 0 Å². The second-order valence-electron chi connectivity index (χ2n) is 6.42. The van der Waals surface area contributed by atoms with Crippen LogP contribution in [-0.2, 0) is 11.2 Å². The van der Waals surface area contributed by atoms with Crippen molar-refractivity contribution < 1.29 is 32.3 Å². The molecule has 3 aromatic rings. The molecule has 164 valence electrons. The molecule has 0 unspecified atom stereocenters. The zero-order chi connectivity index (χ0) is 23.3. The minimum atomic E-state index is -1.16. The lowest BCUT2D eigenvalue weighted by Crippen LogP contribution is -2.35. The van der Waals surface area contributed by atoms with Gasteiger partial charge in [-0.15, -0.1) is 0 Å². The lowest BCUT2D eigenvalue weighted by molar-refractivity contribution is -0.119. The van der Waals surface area contributed by atoms with E-state index in [1.165, 1.54) is 36.5 Å². The average molecular weight is 444 g/mol. The summed E-state index contributed by atoms with van der Waals surface area (Å²) in [6.45, 7) is 0. The second kappa shape index (κ2) is 9.60. The zero-order valence-electron chi connectivity index (χ0n) is 16.2. The Hall–Kier alpha value is -4.41. The number of amides is 4. The van der Waals surface area contributed by atoms with Crippen molar-refractivity contribution in [2.24, 2.45) is 5.73 Å². The number of pyridine rings is 1. The van der Waals surface area contributed by atoms with Gasteiger partial charge in [-0.2, -0.15) is 0 Å². The van der Waals surface area contributed by atoms with Gasteiger partial charge in [0.05, 0.1) is 6.42 Å². The summed E-state index contributed by atoms with van der Waals surface area (Å²) in [7, 11) is 0. The molecule has 0 spiro atoms. The second-order valence-corrected chi connectivity index (χ2v) is 6.42. The molecule has 1 aromatic heterocycles. The third-order valence-electron chi connectivity index (χ3n) is 3.99. The van der Waals surface area contributed by atoms with E-state index in [1.807, 2.05) is 5.32 Å². The molecule has 2 aromatic carbocycles. The van der Waals surface area contributed by atoms with Gasteiger partial charge in [0.25, 0.3) is 5.91 Å². The number of aromatic nitrogens is 1. The number of nitrogens with two attached hydrogens (primary N) is 1. The average Bonchev–Trinajstić information content (AvgIpc) is 2.72. The summed E-state index contributed by atoms with van der Waals surface area (Å²) >= 11 is 0. The van der Waals surface area contributed by atoms with Crippen LogP contribution < -0.4 is 21.1 Å². The van der Waals surface area contributed by atoms with Crippen LogP contribution in [0, 0.1) is 17.5 Å². The molecule has 0 fully saturated rings. The van der Waals surface area contributed by atoms with Gasteiger partial charge in [-0.1, -0.05) is 12.1 Å². The Balaban J connectivity index is 1.64. The Morgan fingerprint density at radius 3 is 2.25 bits per heavy atom. The molecule has 0 radical (unpaired) electrons. The van der Waals surface area contributed by atoms with Crippen molar-refractivity contribution in [3.05, 3.63) is 83.4 Å². The molecule has 4 N–H and O–H groups in total. The fourth-order valence-electron chi connectivity index (χ4n) is 2.58. The smallest absolute Gasteiger partial charge is 0.325 e. The lowest BCUT2D eigenvalue weighted by Gasteiger charge is -2.11. The number of halogens is 3. The number of urea groups is 1. The normalized spacial score (nSPS) is 10.3. The van der Waals surface area contributed by atoms with Crippen molar-refractivity contribution in [2.45, 2.75) is 6.42 Å². The summed E-state index contributed by atoms with van der Waals surface area (Å²) in [4.78, 5) is 38.7. The van der Waals surface area contributed by atoms with E-state index in [-0.39, 0.29) is 23.6 Å². The first-order valence-electron chi connectivity index (χ1n) is 8.99. The van der Waals surface area contributed by atoms with Gasteiger partial charge in [0.1, 0.15) is 17.3 Å². The number of carbonyl (C=O) groups is 3. The van der Waals surface area contributed by atoms with Crippen LogP contribution in [0.2, 0.25) is 0 Å². The molecule has 1 heterocycles. The molecule has 0 bridgehead atoms. The van der Waals surface area contributed by atoms with E-state index in [4.69, 9.17) is 10.5 Å². The first-order valence-corrected chi connectivity index (χ1v) is 8.99. The molecule has 8 nitrogen and oxygen atoms in total. The highest BCUT2D eigenvalue weighted by molar-refractivity contribution is 6.01. The first kappa shape index (κ1) is 22.3. The maximum absolute atomic E-state index is 14.3. The number of nitrogens with zero attached hydrogens (tertiary/aromatic N) is 1. The molecule has 11 heteroatoms. The van der Waals surface area contributed by atoms with Crippen molar-refractivity contribution in [1.82, 2.24) is 10.3 Å². The molecule has 0 aliphatic carbocycles. The van der Waals surface area contributed by atoms with Crippen LogP contribution in [0.4, 0.5) is 23.7 Å². The molecule has 0 aliphatic heterocycles. The summed E-state index contributed by atoms with van der Waals surface area (Å²) in [5.41, 5.74) is 5.11. The minimum absolute atomic E-state index is 0.0866. The molecule has 3 rings (SSSR count). The number of rotatable bonds is 6. The third kappa shape index (κ3) is 5.81. The van der Waals surface area contributed by atoms with Crippen molar-refractivity contribution >= 4 is 23.5 Å². The summed E-state index contributed by atoms with van der Waals surface area (Å²) in [5.74, 6) is -5.22. The van der Waals surface area contributed by atoms with Crippen LogP contribution >= 0.6 is 0 Å². The fraction of sp³-hybridized carbons (Fsp3) is 0.0476. The number of hydrogen-bond donors (Lipinski definition) is 3. The van der Waals surface area contributed by atoms with Crippen LogP contribution in [0.15, 0.2) is 54.7 Å². The molecule has 4 amide bonds. The Bertz CT molecular complexity index is 1160. The number of ether oxygens (including phenoxy) is 1. The number of imide groups is 1. The molecular weight excluding hydrogens is 429 g/mol. The Kier molecular flexibility index (Phi) is 6.68. The molecule has 32 heavy (non-hydrogen) atoms. The van der Waals surface area contributed by atoms with Crippen LogP contribution in [-0.4, -0.2) is 22.8 Å². The van der Waals surface area contributed by atoms with Crippen LogP contribution in [0.5, 0.6) is 11.5 Å². The number of nitrogens with one attached hydrogen (secondary N) is 2. The molecule has 0 atom stereocenters. The Morgan fingerprint density at radius 1 is 0.969 bits per heavy atom. The maximum atomic E-state index is 14.3. The van der Waals surface area contributed by atoms with Gasteiger partial charge in [-0.05, 0) is 23.8 Å². The Labute approximate surface area is 179 Å². The fourth-order valence-corrected chi connectivity index (χ4v) is 2.58. The highest BCUT2D eigenvalue weighted by atomic mass is 19.1. The predicted molar refractivity (Wildman–Crippen MR) is 106 cm³/mol. The minimum Gasteiger partial charge on any atom is -0.451 e. The number of benzene rings is 2. The third-order valence-corrected chi connectivity index (χ3v) is 3.99. The summed E-state index contributed by atoms with van der Waals surface area (Å²) < 4.78 is 46.7. The number of primary amides is 1. The summed E-state index contributed by atoms with van der Waals surface area (Å²) in [6, 6.07) is 7.99. The van der Waals surface area contributed by atoms with Gasteiger partial charge < -0.3 is 15.8 Å². The van der Waals surface area contributed by atoms with E-state index in [2.05, 4.69) is 10.3 Å². The van der Waals surface area contributed by atoms with E-state index in [0.29, 0.717) is 5.56 Å². The maximum Gasteiger partial charge on any atom is 0.325 e. The van der Waals surface area contributed by atoms with Crippen molar-refractivity contribution in [3.63, 3.8) is 0 Å². The lowest BCUT2D eigenvalue weighted by atomic mass is 10.1. The first-order chi connectivity index (χ1) is 15.2. The zero-order valence-corrected chi connectivity index (χ0v) is 16.2. The highest BCUT2D eigenvalue weighted by Crippen LogP contribution is 2.30. The summed E-state index contributed by atoms with van der Waals surface area (Å²) in [5, 5.41) is 4.12. The van der Waals surface area contributed by atoms with Gasteiger partial charge in [-0.25, -0.2) is 18.0 Å². The number of anilines is 1. The molecule has 0 aliphatic rings. The van der Waals surface area contributed by atoms with Crippen molar-refractivity contribution in [2.75, 3.05) is 5.32 Å². The van der Waals surface area contributed by atoms with E-state index in [9.17, 15) is 27.6 Å². The van der Waals surface area contributed by atoms with Crippen LogP contribution in [0.3, 0.4) is 0 Å². The van der Waals surface area contributed by atoms with Crippen molar-refractivity contribution in [3.8, 4) is 11.5 Å². The molecular formula is C21H15F3N4O4. The quantitative estimate of drug-likeness (QED) is 0.538. The van der Waals surface area contributed by atoms with Crippen LogP contribution in [0.25, 0.3) is 0 Å². The number of carbonyl (C=O) groups excluding carboxylic acids is 3. The van der Waals surface area contributed by atoms with Gasteiger partial charge >= 0.3 is 6.03 Å². The van der Waals surface area contributed by atoms with E-state index in [0.717, 1.165) is 18.2 Å². The van der Waals surface area contributed by atoms with Gasteiger partial charge in [0, 0.05) is 30.1 Å². The standard InChI is InChI=1S/C21H15F3N4O4/c22-12-3-1-11(2-4-12)7-18(29)28-21(31)27-13-8-15(23)19(16(24)9-13)32-14-5-6-26-17(10-14)20(25)30/h1-6,8-10H,7H2,(H2,25,30)(H2,27,28,29,31). The number of hydrogen-bond acceptors (Lipinski definition) is 5. The van der Waals surface area contributed by atoms with Gasteiger partial charge in [0.2, 0.25) is 5.91 Å². The van der Waals surface area contributed by atoms with Gasteiger partial charge in [0.15, 0.2) is 17.4 Å². The monoisotopic (exact) mass is 444 g/mol. The molecule has 0 saturated carbocycles. The largest absolute Gasteiger partial charge is 0.451 e. The Morgan fingerprint density at radius 2 is 1.62 bits per heavy atom. The topological polar surface area (TPSA) is 123 Å². The van der Waals surface area contributed by atoms with Crippen LogP contribution in [0.1, 0.15) is 16.1 Å². The highest BCUT2D eigenvalue weighted by Gasteiger charge is 2.17. The molecule has 0 saturated heterocycles. The van der Waals surface area contributed by atoms with Gasteiger partial charge in [-0.3, -0.25) is 19.9 Å². The predicted octanol–water partition coefficient (Wildman–Crippen LogP) is 3.28. The van der Waals surface area contributed by atoms with E-state index >= 15 is 0 Å². The summed E-state index contributed by atoms with van der Waals surface area (Å²) in [6.07, 6.45) is 0.969. The van der Waals surface area contributed by atoms with E-state index < -0.39 is 41.0 Å².